The summed E-state index contributed by atoms with van der Waals surface area (Å²) >= 11 is -6.55. The van der Waals surface area contributed by atoms with Gasteiger partial charge in [0, 0.05) is 0 Å². The van der Waals surface area contributed by atoms with E-state index < -0.39 is 38.4 Å². The first-order valence-corrected chi connectivity index (χ1v) is 34.5. The third-order valence-electron chi connectivity index (χ3n) is 10.1. The van der Waals surface area contributed by atoms with Crippen molar-refractivity contribution in [2.45, 2.75) is 240 Å². The minimum atomic E-state index is -3.28. The average molecular weight is 881 g/mol. The average Bonchev–Trinajstić information content (AvgIpc) is 3.05. The summed E-state index contributed by atoms with van der Waals surface area (Å²) < 4.78 is 27.2. The molecule has 0 bridgehead atoms. The fourth-order valence-corrected chi connectivity index (χ4v) is 49.6. The molecule has 0 amide bonds. The molecule has 0 rings (SSSR count). The number of hydrogen-bond donors (Lipinski definition) is 0. The molecule has 0 aromatic heterocycles. The maximum atomic E-state index is 7.81. The zero-order valence-corrected chi connectivity index (χ0v) is 39.7. The number of hydrogen-bond acceptors (Lipinski definition) is 3. The van der Waals surface area contributed by atoms with Gasteiger partial charge >= 0.3 is 283 Å². The normalized spacial score (nSPS) is 12.6. The van der Waals surface area contributed by atoms with Crippen LogP contribution in [0.5, 0.6) is 0 Å². The fourth-order valence-electron chi connectivity index (χ4n) is 6.87. The molecule has 0 saturated carbocycles. The van der Waals surface area contributed by atoms with Crippen LogP contribution in [0.3, 0.4) is 0 Å². The zero-order chi connectivity index (χ0) is 34.9. The van der Waals surface area contributed by atoms with Crippen molar-refractivity contribution < 1.29 is 7.56 Å². The van der Waals surface area contributed by atoms with E-state index in [1.54, 1.807) is 0 Å². The number of unbranched alkanes of at least 4 members (excludes halogenated alkanes) is 18. The molecule has 0 heterocycles. The molecule has 0 aromatic rings. The van der Waals surface area contributed by atoms with Crippen molar-refractivity contribution in [1.82, 2.24) is 0 Å². The van der Waals surface area contributed by atoms with Gasteiger partial charge in [0.1, 0.15) is 0 Å². The van der Waals surface area contributed by atoms with E-state index in [4.69, 9.17) is 7.56 Å². The molecule has 284 valence electrons. The van der Waals surface area contributed by atoms with Crippen molar-refractivity contribution >= 4 is 38.4 Å². The van der Waals surface area contributed by atoms with Crippen molar-refractivity contribution in [2.24, 2.45) is 11.8 Å². The van der Waals surface area contributed by atoms with Gasteiger partial charge in [-0.1, -0.05) is 27.7 Å². The van der Waals surface area contributed by atoms with Crippen LogP contribution in [0.15, 0.2) is 0 Å². The summed E-state index contributed by atoms with van der Waals surface area (Å²) in [6.07, 6.45) is 34.9. The zero-order valence-electron chi connectivity index (χ0n) is 34.0. The first kappa shape index (κ1) is 48.5. The summed E-state index contributed by atoms with van der Waals surface area (Å²) in [4.78, 5) is 0. The van der Waals surface area contributed by atoms with Gasteiger partial charge in [-0.05, 0) is 0 Å². The molecular formula is C42H90O3Sn2. The first-order valence-electron chi connectivity index (χ1n) is 21.8. The summed E-state index contributed by atoms with van der Waals surface area (Å²) in [5.74, 6) is 1.72. The predicted molar refractivity (Wildman–Crippen MR) is 216 cm³/mol. The van der Waals surface area contributed by atoms with E-state index in [2.05, 4.69) is 55.4 Å². The monoisotopic (exact) mass is 882 g/mol. The van der Waals surface area contributed by atoms with Gasteiger partial charge in [-0.2, -0.15) is 0 Å². The van der Waals surface area contributed by atoms with Gasteiger partial charge in [-0.3, -0.25) is 0 Å². The minimum Gasteiger partial charge on any atom is -0.0628 e. The molecule has 0 unspecified atom stereocenters. The molecule has 5 heteroatoms. The van der Waals surface area contributed by atoms with Crippen LogP contribution in [0.1, 0.15) is 222 Å². The quantitative estimate of drug-likeness (QED) is 0.0457. The molecule has 0 aliphatic carbocycles. The molecule has 3 nitrogen and oxygen atoms in total. The Hall–Kier alpha value is 1.48. The van der Waals surface area contributed by atoms with Gasteiger partial charge < -0.3 is 0 Å². The molecule has 0 fully saturated rings. The molecular weight excluding hydrogens is 790 g/mol. The van der Waals surface area contributed by atoms with E-state index in [-0.39, 0.29) is 0 Å². The van der Waals surface area contributed by atoms with Gasteiger partial charge in [0.25, 0.3) is 0 Å². The molecule has 0 atom stereocenters. The second-order valence-electron chi connectivity index (χ2n) is 16.1. The van der Waals surface area contributed by atoms with Gasteiger partial charge in [-0.25, -0.2) is 0 Å². The second-order valence-corrected chi connectivity index (χ2v) is 38.3. The Labute approximate surface area is 308 Å². The Balaban J connectivity index is 5.16. The van der Waals surface area contributed by atoms with E-state index in [1.165, 1.54) is 185 Å². The summed E-state index contributed by atoms with van der Waals surface area (Å²) in [5.41, 5.74) is 0. The van der Waals surface area contributed by atoms with Gasteiger partial charge in [0.05, 0.1) is 0 Å². The summed E-state index contributed by atoms with van der Waals surface area (Å²) in [6, 6.07) is 0. The third kappa shape index (κ3) is 29.7. The predicted octanol–water partition coefficient (Wildman–Crippen LogP) is 15.5. The molecule has 0 aromatic carbocycles. The second kappa shape index (κ2) is 34.6. The Morgan fingerprint density at radius 1 is 0.340 bits per heavy atom. The Bertz CT molecular complexity index is 559. The Morgan fingerprint density at radius 2 is 0.596 bits per heavy atom. The number of rotatable bonds is 38. The molecule has 0 radical (unpaired) electrons. The van der Waals surface area contributed by atoms with E-state index in [9.17, 15) is 0 Å². The SMILES string of the molecule is CCC[CH2][Sn]([CH2]CCC)([O]CCCCCCCCCCC(C)C)[O][Sn]([CH2]CCC)([CH2]CCC)[O]CCCCCCCCCCC(C)C. The third-order valence-corrected chi connectivity index (χ3v) is 43.4. The smallest absolute Gasteiger partial charge is 0.0628 e. The van der Waals surface area contributed by atoms with E-state index in [0.29, 0.717) is 0 Å². The van der Waals surface area contributed by atoms with Crippen molar-refractivity contribution in [3.8, 4) is 0 Å². The Morgan fingerprint density at radius 3 is 0.851 bits per heavy atom. The summed E-state index contributed by atoms with van der Waals surface area (Å²) in [6.45, 7) is 20.7. The van der Waals surface area contributed by atoms with Crippen LogP contribution < -0.4 is 0 Å². The van der Waals surface area contributed by atoms with Crippen molar-refractivity contribution in [2.75, 3.05) is 13.2 Å². The minimum absolute atomic E-state index is 0.860. The van der Waals surface area contributed by atoms with Gasteiger partial charge in [-0.15, -0.1) is 0 Å². The van der Waals surface area contributed by atoms with E-state index in [0.717, 1.165) is 25.0 Å². The maximum absolute atomic E-state index is 7.81. The van der Waals surface area contributed by atoms with Crippen molar-refractivity contribution in [3.63, 3.8) is 0 Å². The van der Waals surface area contributed by atoms with Crippen LogP contribution >= 0.6 is 0 Å². The Kier molecular flexibility index (Phi) is 35.6. The van der Waals surface area contributed by atoms with Crippen LogP contribution in [0.4, 0.5) is 0 Å². The van der Waals surface area contributed by atoms with Crippen molar-refractivity contribution in [3.05, 3.63) is 0 Å². The van der Waals surface area contributed by atoms with E-state index in [1.807, 2.05) is 0 Å². The molecule has 0 saturated heterocycles. The van der Waals surface area contributed by atoms with Gasteiger partial charge in [0.15, 0.2) is 0 Å². The topological polar surface area (TPSA) is 27.7 Å². The van der Waals surface area contributed by atoms with E-state index >= 15 is 0 Å². The van der Waals surface area contributed by atoms with Crippen LogP contribution in [0.25, 0.3) is 0 Å². The van der Waals surface area contributed by atoms with Gasteiger partial charge in [0.2, 0.25) is 0 Å². The molecule has 0 aliphatic heterocycles. The fraction of sp³-hybridized carbons (Fsp3) is 1.00. The molecule has 47 heavy (non-hydrogen) atoms. The van der Waals surface area contributed by atoms with Crippen LogP contribution in [-0.2, 0) is 7.56 Å². The van der Waals surface area contributed by atoms with Crippen LogP contribution in [0, 0.1) is 11.8 Å². The molecule has 0 spiro atoms. The summed E-state index contributed by atoms with van der Waals surface area (Å²) in [7, 11) is 0. The van der Waals surface area contributed by atoms with Crippen LogP contribution in [-0.4, -0.2) is 51.6 Å². The standard InChI is InChI=1S/2C13H27O.4C4H9.O.2Sn/c2*1-13(2)11-9-7-5-3-4-6-8-10-12-14;4*1-3-4-2;;;/h2*13H,3-12H2,1-2H3;4*1,3-4H2,2H3;;;/q2*-1;;;;;;2*+1. The van der Waals surface area contributed by atoms with Crippen LogP contribution in [0.2, 0.25) is 17.7 Å². The molecule has 0 aliphatic rings. The van der Waals surface area contributed by atoms with Crippen molar-refractivity contribution in [1.29, 1.82) is 0 Å². The first-order chi connectivity index (χ1) is 22.8. The molecule has 0 N–H and O–H groups in total. The summed E-state index contributed by atoms with van der Waals surface area (Å²) in [5, 5.41) is 0.